The van der Waals surface area contributed by atoms with E-state index in [1.807, 2.05) is 48.5 Å². The van der Waals surface area contributed by atoms with Crippen molar-refractivity contribution in [1.29, 1.82) is 0 Å². The molecule has 0 saturated carbocycles. The monoisotopic (exact) mass is 802 g/mol. The molecule has 0 fully saturated rings. The van der Waals surface area contributed by atoms with Crippen LogP contribution >= 0.6 is 11.6 Å². The zero-order valence-corrected chi connectivity index (χ0v) is 31.3. The number of carbonyl (C=O) groups is 2. The van der Waals surface area contributed by atoms with Gasteiger partial charge in [-0.3, -0.25) is 29.8 Å². The van der Waals surface area contributed by atoms with Gasteiger partial charge >= 0.3 is 0 Å². The zero-order valence-electron chi connectivity index (χ0n) is 30.5. The van der Waals surface area contributed by atoms with E-state index in [0.717, 1.165) is 12.5 Å². The molecule has 58 heavy (non-hydrogen) atoms. The quantitative estimate of drug-likeness (QED) is 0.0396. The standard InChI is InChI=1S/C21H13FN2O2.C15H10ClFO.C6H6N2O2.C2H4O2/c22-19-9-5-4-8-17(19)18-13-15-12-16(24(25)26)10-11-20(15)23-21(18)14-6-2-1-3-7-14;16-15(11-6-2-1-3-7-11)13(10-18)12-8-4-5-9-14(12)17;7-5-1-3-6(4-2-5)8(9)10;1-2(3)4/h1-13H;1-10H;1-4H,7H2;1H3,(H,3,4)/b;15-13+;;. The molecule has 0 spiro atoms. The van der Waals surface area contributed by atoms with E-state index >= 15 is 0 Å². The van der Waals surface area contributed by atoms with E-state index in [2.05, 4.69) is 4.98 Å². The number of rotatable bonds is 7. The highest BCUT2D eigenvalue weighted by Crippen LogP contribution is 2.35. The minimum Gasteiger partial charge on any atom is -0.481 e. The summed E-state index contributed by atoms with van der Waals surface area (Å²) in [5.41, 5.74) is 10.0. The van der Waals surface area contributed by atoms with Crippen LogP contribution in [-0.2, 0) is 9.59 Å². The van der Waals surface area contributed by atoms with Gasteiger partial charge in [-0.05, 0) is 42.0 Å². The first kappa shape index (κ1) is 43.1. The van der Waals surface area contributed by atoms with Crippen molar-refractivity contribution < 1.29 is 33.3 Å². The Labute approximate surface area is 335 Å². The molecule has 1 heterocycles. The normalized spacial score (nSPS) is 10.6. The second-order valence-electron chi connectivity index (χ2n) is 11.9. The first-order valence-corrected chi connectivity index (χ1v) is 17.4. The molecule has 0 bridgehead atoms. The van der Waals surface area contributed by atoms with Crippen LogP contribution in [0, 0.1) is 31.9 Å². The van der Waals surface area contributed by atoms with Gasteiger partial charge in [-0.15, -0.1) is 0 Å². The fourth-order valence-corrected chi connectivity index (χ4v) is 5.50. The van der Waals surface area contributed by atoms with E-state index in [4.69, 9.17) is 27.2 Å². The molecule has 292 valence electrons. The summed E-state index contributed by atoms with van der Waals surface area (Å²) in [5, 5.41) is 29.4. The Balaban J connectivity index is 0.000000201. The van der Waals surface area contributed by atoms with Crippen molar-refractivity contribution in [2.75, 3.05) is 5.73 Å². The van der Waals surface area contributed by atoms with Gasteiger partial charge < -0.3 is 10.8 Å². The van der Waals surface area contributed by atoms with Crippen LogP contribution in [0.4, 0.5) is 25.8 Å². The minimum atomic E-state index is -0.833. The van der Waals surface area contributed by atoms with Gasteiger partial charge in [0.1, 0.15) is 11.6 Å². The summed E-state index contributed by atoms with van der Waals surface area (Å²) < 4.78 is 28.1. The van der Waals surface area contributed by atoms with Crippen LogP contribution in [0.2, 0.25) is 0 Å². The zero-order chi connectivity index (χ0) is 42.2. The number of nitrogen functional groups attached to an aromatic ring is 1. The molecular formula is C44H33ClF2N4O7. The molecule has 0 amide bonds. The number of aliphatic carboxylic acids is 1. The third-order valence-corrected chi connectivity index (χ3v) is 8.29. The Hall–Kier alpha value is -7.64. The second-order valence-corrected chi connectivity index (χ2v) is 12.3. The number of aldehydes is 1. The van der Waals surface area contributed by atoms with Crippen molar-refractivity contribution in [3.63, 3.8) is 0 Å². The number of pyridine rings is 1. The van der Waals surface area contributed by atoms with Crippen LogP contribution in [0.25, 0.3) is 43.9 Å². The van der Waals surface area contributed by atoms with Crippen LogP contribution in [0.3, 0.4) is 0 Å². The first-order valence-electron chi connectivity index (χ1n) is 17.0. The lowest BCUT2D eigenvalue weighted by Crippen LogP contribution is -1.94. The summed E-state index contributed by atoms with van der Waals surface area (Å²) in [5.74, 6) is -1.66. The molecule has 11 nitrogen and oxygen atoms in total. The number of carboxylic acid groups (broad SMARTS) is 1. The maximum atomic E-state index is 14.4. The van der Waals surface area contributed by atoms with E-state index in [-0.39, 0.29) is 33.4 Å². The molecule has 0 atom stereocenters. The van der Waals surface area contributed by atoms with Crippen LogP contribution in [0.1, 0.15) is 18.1 Å². The Kier molecular flexibility index (Phi) is 15.5. The van der Waals surface area contributed by atoms with Crippen LogP contribution in [0.5, 0.6) is 0 Å². The van der Waals surface area contributed by atoms with Crippen LogP contribution in [0.15, 0.2) is 158 Å². The molecule has 0 unspecified atom stereocenters. The fraction of sp³-hybridized carbons (Fsp3) is 0.0227. The van der Waals surface area contributed by atoms with Gasteiger partial charge in [-0.1, -0.05) is 109 Å². The van der Waals surface area contributed by atoms with E-state index < -0.39 is 21.6 Å². The smallest absolute Gasteiger partial charge is 0.300 e. The van der Waals surface area contributed by atoms with Gasteiger partial charge in [0.2, 0.25) is 0 Å². The lowest BCUT2D eigenvalue weighted by Gasteiger charge is -2.12. The van der Waals surface area contributed by atoms with E-state index in [1.165, 1.54) is 54.6 Å². The molecule has 7 rings (SSSR count). The van der Waals surface area contributed by atoms with Crippen molar-refractivity contribution in [1.82, 2.24) is 4.98 Å². The number of anilines is 1. The number of non-ortho nitro benzene ring substituents is 2. The number of fused-ring (bicyclic) bond motifs is 1. The highest BCUT2D eigenvalue weighted by molar-refractivity contribution is 6.55. The Morgan fingerprint density at radius 3 is 1.78 bits per heavy atom. The average Bonchev–Trinajstić information content (AvgIpc) is 3.22. The predicted molar refractivity (Wildman–Crippen MR) is 222 cm³/mol. The Bertz CT molecular complexity index is 2570. The number of allylic oxidation sites excluding steroid dienone is 1. The number of carboxylic acids is 1. The van der Waals surface area contributed by atoms with Gasteiger partial charge in [0, 0.05) is 70.1 Å². The topological polar surface area (TPSA) is 180 Å². The summed E-state index contributed by atoms with van der Waals surface area (Å²) in [6.45, 7) is 1.08. The van der Waals surface area contributed by atoms with Crippen molar-refractivity contribution >= 4 is 62.4 Å². The molecule has 6 aromatic carbocycles. The maximum Gasteiger partial charge on any atom is 0.300 e. The summed E-state index contributed by atoms with van der Waals surface area (Å²) in [6.07, 6.45) is 0.577. The highest BCUT2D eigenvalue weighted by atomic mass is 35.5. The molecule has 7 aromatic rings. The van der Waals surface area contributed by atoms with Crippen LogP contribution in [-0.4, -0.2) is 32.2 Å². The van der Waals surface area contributed by atoms with Crippen molar-refractivity contribution in [3.8, 4) is 22.4 Å². The van der Waals surface area contributed by atoms with Gasteiger partial charge in [-0.2, -0.15) is 0 Å². The van der Waals surface area contributed by atoms with Gasteiger partial charge in [0.05, 0.1) is 26.1 Å². The molecular weight excluding hydrogens is 770 g/mol. The first-order chi connectivity index (χ1) is 27.8. The molecule has 0 aliphatic carbocycles. The average molecular weight is 803 g/mol. The highest BCUT2D eigenvalue weighted by Gasteiger charge is 2.16. The fourth-order valence-electron chi connectivity index (χ4n) is 5.23. The molecule has 3 N–H and O–H groups in total. The van der Waals surface area contributed by atoms with E-state index in [9.17, 15) is 33.8 Å². The SMILES string of the molecule is CC(=O)O.Nc1ccc([N+](=O)[O-])cc1.O=C/C(=C(\Cl)c1ccccc1)c1ccccc1F.O=[N+]([O-])c1ccc2nc(-c3ccccc3)c(-c3ccccc3F)cc2c1. The number of aromatic nitrogens is 1. The Morgan fingerprint density at radius 1 is 0.707 bits per heavy atom. The van der Waals surface area contributed by atoms with Crippen LogP contribution < -0.4 is 5.73 Å². The minimum absolute atomic E-state index is 0.0220. The summed E-state index contributed by atoms with van der Waals surface area (Å²) >= 11 is 6.16. The predicted octanol–water partition coefficient (Wildman–Crippen LogP) is 11.0. The third kappa shape index (κ3) is 11.9. The van der Waals surface area contributed by atoms with Crippen molar-refractivity contribution in [2.24, 2.45) is 0 Å². The number of hydrogen-bond donors (Lipinski definition) is 2. The largest absolute Gasteiger partial charge is 0.481 e. The van der Waals surface area contributed by atoms with Gasteiger partial charge in [-0.25, -0.2) is 13.8 Å². The number of nitro groups is 2. The van der Waals surface area contributed by atoms with E-state index in [1.54, 1.807) is 54.6 Å². The molecule has 0 aliphatic rings. The summed E-state index contributed by atoms with van der Waals surface area (Å²) in [7, 11) is 0. The number of carbonyl (C=O) groups excluding carboxylic acids is 1. The Morgan fingerprint density at radius 2 is 1.22 bits per heavy atom. The lowest BCUT2D eigenvalue weighted by atomic mass is 9.97. The lowest BCUT2D eigenvalue weighted by molar-refractivity contribution is -0.385. The third-order valence-electron chi connectivity index (χ3n) is 7.87. The number of benzene rings is 6. The number of hydrogen-bond acceptors (Lipinski definition) is 8. The van der Waals surface area contributed by atoms with Crippen molar-refractivity contribution in [2.45, 2.75) is 6.92 Å². The summed E-state index contributed by atoms with van der Waals surface area (Å²) in [6, 6.07) is 43.0. The number of nitrogens with two attached hydrogens (primary N) is 1. The molecule has 0 aliphatic heterocycles. The second kappa shape index (κ2) is 20.9. The number of nitrogens with zero attached hydrogens (tertiary/aromatic N) is 3. The van der Waals surface area contributed by atoms with Gasteiger partial charge in [0.15, 0.2) is 6.29 Å². The number of nitro benzene ring substituents is 2. The molecule has 0 radical (unpaired) electrons. The molecule has 0 saturated heterocycles. The molecule has 1 aromatic heterocycles. The molecule has 14 heteroatoms. The van der Waals surface area contributed by atoms with Crippen molar-refractivity contribution in [3.05, 3.63) is 201 Å². The van der Waals surface area contributed by atoms with E-state index in [0.29, 0.717) is 45.3 Å². The summed E-state index contributed by atoms with van der Waals surface area (Å²) in [4.78, 5) is 45.1. The maximum absolute atomic E-state index is 14.4. The van der Waals surface area contributed by atoms with Gasteiger partial charge in [0.25, 0.3) is 17.3 Å². The number of halogens is 3.